The minimum Gasteiger partial charge on any atom is -0.443 e. The van der Waals surface area contributed by atoms with Crippen molar-refractivity contribution in [2.45, 2.75) is 116 Å². The molecular weight excluding hydrogens is 519 g/mol. The molecule has 0 spiro atoms. The Balaban J connectivity index is 3.41. The Bertz CT molecular complexity index is 941. The van der Waals surface area contributed by atoms with Gasteiger partial charge < -0.3 is 13.6 Å². The molecule has 2 N–H and O–H groups in total. The normalized spacial score (nSPS) is 14.8. The minimum atomic E-state index is -3.55. The monoisotopic (exact) mass is 565 g/mol. The van der Waals surface area contributed by atoms with Gasteiger partial charge in [-0.25, -0.2) is 28.4 Å². The average molecular weight is 566 g/mol. The number of ether oxygens (including phenoxy) is 1. The Hall–Kier alpha value is -1.64. The lowest BCUT2D eigenvalue weighted by molar-refractivity contribution is -0.130. The van der Waals surface area contributed by atoms with Crippen LogP contribution in [0.25, 0.3) is 0 Å². The molecule has 0 aliphatic rings. The van der Waals surface area contributed by atoms with Crippen LogP contribution in [0.15, 0.2) is 12.3 Å². The van der Waals surface area contributed by atoms with Crippen molar-refractivity contribution in [3.63, 3.8) is 0 Å². The molecule has 214 valence electrons. The Labute approximate surface area is 222 Å². The molecule has 0 bridgehead atoms. The first-order valence-corrected chi connectivity index (χ1v) is 18.2. The molecular formula is C25H46F3N3O4Si2. The molecule has 7 nitrogen and oxygen atoms in total. The minimum absolute atomic E-state index is 0.0489. The lowest BCUT2D eigenvalue weighted by Crippen LogP contribution is -2.49. The van der Waals surface area contributed by atoms with Gasteiger partial charge in [0, 0.05) is 5.56 Å². The molecule has 1 heterocycles. The number of nitrogens with zero attached hydrogens (tertiary/aromatic N) is 1. The largest absolute Gasteiger partial charge is 0.443 e. The maximum Gasteiger partial charge on any atom is 0.426 e. The van der Waals surface area contributed by atoms with E-state index in [-0.39, 0.29) is 16.4 Å². The van der Waals surface area contributed by atoms with E-state index < -0.39 is 57.8 Å². The van der Waals surface area contributed by atoms with Gasteiger partial charge in [0.1, 0.15) is 29.9 Å². The summed E-state index contributed by atoms with van der Waals surface area (Å²) >= 11 is 0. The summed E-state index contributed by atoms with van der Waals surface area (Å²) in [7, 11) is -5.33. The van der Waals surface area contributed by atoms with Crippen LogP contribution in [0, 0.1) is 5.82 Å². The molecule has 1 unspecified atom stereocenters. The summed E-state index contributed by atoms with van der Waals surface area (Å²) in [5, 5.41) is -0.699. The van der Waals surface area contributed by atoms with Gasteiger partial charge in [0.15, 0.2) is 16.6 Å². The van der Waals surface area contributed by atoms with Crippen LogP contribution in [0.5, 0.6) is 0 Å². The van der Waals surface area contributed by atoms with Crippen LogP contribution in [0.4, 0.5) is 23.8 Å². The van der Waals surface area contributed by atoms with Crippen molar-refractivity contribution in [2.75, 3.05) is 12.0 Å². The van der Waals surface area contributed by atoms with Gasteiger partial charge in [-0.15, -0.1) is 0 Å². The van der Waals surface area contributed by atoms with Crippen LogP contribution in [0.2, 0.25) is 36.3 Å². The Morgan fingerprint density at radius 1 is 0.973 bits per heavy atom. The third-order valence-corrected chi connectivity index (χ3v) is 15.8. The Kier molecular flexibility index (Phi) is 10.1. The molecule has 1 amide bonds. The molecule has 1 rings (SSSR count). The molecule has 37 heavy (non-hydrogen) atoms. The van der Waals surface area contributed by atoms with Crippen molar-refractivity contribution in [2.24, 2.45) is 0 Å². The average Bonchev–Trinajstić information content (AvgIpc) is 2.67. The second-order valence-corrected chi connectivity index (χ2v) is 23.0. The number of rotatable bonds is 9. The van der Waals surface area contributed by atoms with E-state index >= 15 is 13.2 Å². The van der Waals surface area contributed by atoms with Gasteiger partial charge in [-0.05, 0) is 63.1 Å². The molecule has 1 aromatic rings. The number of anilines is 1. The number of alkyl halides is 2. The van der Waals surface area contributed by atoms with Crippen LogP contribution >= 0.6 is 0 Å². The molecule has 0 aliphatic heterocycles. The molecule has 0 saturated heterocycles. The van der Waals surface area contributed by atoms with Crippen LogP contribution in [0.1, 0.15) is 74.0 Å². The second-order valence-electron chi connectivity index (χ2n) is 13.4. The standard InChI is InChI=1S/C25H46F3N3O4Si2/c1-22(2,3)34-21(32)31-30-19-14-17(18(26)15-29-19)20(35-37(12,13)24(7,8)9)25(27,28)16-33-36(10,11)23(4,5)6/h14-15,20H,16H2,1-13H3,(H,29,30)(H,31,32). The van der Waals surface area contributed by atoms with E-state index in [1.54, 1.807) is 20.8 Å². The molecule has 1 aromatic heterocycles. The molecule has 12 heteroatoms. The van der Waals surface area contributed by atoms with E-state index in [1.807, 2.05) is 67.7 Å². The third-order valence-electron chi connectivity index (χ3n) is 6.89. The third kappa shape index (κ3) is 9.56. The molecule has 0 aliphatic carbocycles. The number of hydrogen-bond donors (Lipinski definition) is 2. The number of halogens is 3. The lowest BCUT2D eigenvalue weighted by atomic mass is 10.0. The van der Waals surface area contributed by atoms with Crippen molar-refractivity contribution in [3.05, 3.63) is 23.6 Å². The van der Waals surface area contributed by atoms with E-state index in [1.165, 1.54) is 0 Å². The zero-order valence-electron chi connectivity index (χ0n) is 24.7. The number of hydrazine groups is 1. The second kappa shape index (κ2) is 11.2. The van der Waals surface area contributed by atoms with Gasteiger partial charge in [0.2, 0.25) is 0 Å². The van der Waals surface area contributed by atoms with Gasteiger partial charge in [-0.3, -0.25) is 5.43 Å². The van der Waals surface area contributed by atoms with Crippen molar-refractivity contribution >= 4 is 28.5 Å². The first-order valence-electron chi connectivity index (χ1n) is 12.4. The fourth-order valence-electron chi connectivity index (χ4n) is 2.56. The Morgan fingerprint density at radius 3 is 1.95 bits per heavy atom. The van der Waals surface area contributed by atoms with Crippen LogP contribution < -0.4 is 10.9 Å². The van der Waals surface area contributed by atoms with Crippen molar-refractivity contribution in [3.8, 4) is 0 Å². The summed E-state index contributed by atoms with van der Waals surface area (Å²) < 4.78 is 64.1. The number of carbonyl (C=O) groups excluding carboxylic acids is 1. The van der Waals surface area contributed by atoms with Crippen molar-refractivity contribution in [1.82, 2.24) is 10.4 Å². The highest BCUT2D eigenvalue weighted by atomic mass is 28.4. The van der Waals surface area contributed by atoms with Crippen molar-refractivity contribution < 1.29 is 31.6 Å². The quantitative estimate of drug-likeness (QED) is 0.235. The fourth-order valence-corrected chi connectivity index (χ4v) is 4.79. The fraction of sp³-hybridized carbons (Fsp3) is 0.760. The predicted octanol–water partition coefficient (Wildman–Crippen LogP) is 7.79. The van der Waals surface area contributed by atoms with Crippen molar-refractivity contribution in [1.29, 1.82) is 0 Å². The van der Waals surface area contributed by atoms with Gasteiger partial charge in [-0.2, -0.15) is 0 Å². The summed E-state index contributed by atoms with van der Waals surface area (Å²) in [4.78, 5) is 15.9. The molecule has 0 aromatic carbocycles. The first kappa shape index (κ1) is 33.4. The zero-order chi connectivity index (χ0) is 29.3. The van der Waals surface area contributed by atoms with E-state index in [4.69, 9.17) is 13.6 Å². The highest BCUT2D eigenvalue weighted by molar-refractivity contribution is 6.74. The predicted molar refractivity (Wildman–Crippen MR) is 146 cm³/mol. The topological polar surface area (TPSA) is 81.7 Å². The van der Waals surface area contributed by atoms with Gasteiger partial charge in [-0.1, -0.05) is 41.5 Å². The van der Waals surface area contributed by atoms with Gasteiger partial charge >= 0.3 is 6.09 Å². The van der Waals surface area contributed by atoms with E-state index in [2.05, 4.69) is 15.8 Å². The molecule has 0 radical (unpaired) electrons. The van der Waals surface area contributed by atoms with Crippen LogP contribution in [-0.4, -0.2) is 45.8 Å². The maximum absolute atomic E-state index is 15.9. The molecule has 0 fully saturated rings. The van der Waals surface area contributed by atoms with Gasteiger partial charge in [0.25, 0.3) is 5.92 Å². The van der Waals surface area contributed by atoms with E-state index in [9.17, 15) is 4.79 Å². The highest BCUT2D eigenvalue weighted by Crippen LogP contribution is 2.46. The summed E-state index contributed by atoms with van der Waals surface area (Å²) in [5.41, 5.74) is 3.65. The van der Waals surface area contributed by atoms with E-state index in [0.29, 0.717) is 0 Å². The summed E-state index contributed by atoms with van der Waals surface area (Å²) in [6.45, 7) is 23.2. The van der Waals surface area contributed by atoms with E-state index in [0.717, 1.165) is 12.3 Å². The number of nitrogens with one attached hydrogen (secondary N) is 2. The summed E-state index contributed by atoms with van der Waals surface area (Å²) in [5.74, 6) is -4.55. The number of carbonyl (C=O) groups is 1. The number of pyridine rings is 1. The molecule has 0 saturated carbocycles. The van der Waals surface area contributed by atoms with Crippen LogP contribution in [0.3, 0.4) is 0 Å². The summed E-state index contributed by atoms with van der Waals surface area (Å²) in [6, 6.07) is 1.12. The number of hydrogen-bond acceptors (Lipinski definition) is 6. The smallest absolute Gasteiger partial charge is 0.426 e. The highest BCUT2D eigenvalue weighted by Gasteiger charge is 2.51. The van der Waals surface area contributed by atoms with Crippen LogP contribution in [-0.2, 0) is 13.6 Å². The summed E-state index contributed by atoms with van der Waals surface area (Å²) in [6.07, 6.45) is -1.91. The Morgan fingerprint density at radius 2 is 1.49 bits per heavy atom. The first-order chi connectivity index (χ1) is 16.3. The zero-order valence-corrected chi connectivity index (χ0v) is 26.7. The lowest BCUT2D eigenvalue weighted by Gasteiger charge is -2.42. The maximum atomic E-state index is 15.9. The number of amides is 1. The SMILES string of the molecule is CC(C)(C)OC(=O)NNc1cc(C(O[Si](C)(C)C(C)(C)C)C(F)(F)CO[Si](C)(C)C(C)(C)C)c(F)cn1. The molecule has 1 atom stereocenters. The van der Waals surface area contributed by atoms with Gasteiger partial charge in [0.05, 0.1) is 6.20 Å². The number of aromatic nitrogens is 1.